The van der Waals surface area contributed by atoms with E-state index in [1.54, 1.807) is 11.3 Å². The summed E-state index contributed by atoms with van der Waals surface area (Å²) in [6.45, 7) is 1.60. The monoisotopic (exact) mass is 433 g/mol. The van der Waals surface area contributed by atoms with Gasteiger partial charge in [0, 0.05) is 34.9 Å². The van der Waals surface area contributed by atoms with Crippen molar-refractivity contribution in [3.8, 4) is 10.4 Å². The van der Waals surface area contributed by atoms with Crippen molar-refractivity contribution in [2.45, 2.75) is 0 Å². The average molecular weight is 434 g/mol. The van der Waals surface area contributed by atoms with Crippen molar-refractivity contribution in [3.05, 3.63) is 77.5 Å². The fourth-order valence-electron chi connectivity index (χ4n) is 2.90. The fraction of sp³-hybridized carbons (Fsp3) is 0.182. The Balaban J connectivity index is 0.000000364. The second-order valence-electron chi connectivity index (χ2n) is 5.80. The van der Waals surface area contributed by atoms with Crippen molar-refractivity contribution in [3.63, 3.8) is 0 Å². The van der Waals surface area contributed by atoms with Gasteiger partial charge in [-0.25, -0.2) is 0 Å². The number of alkyl halides is 2. The van der Waals surface area contributed by atoms with Gasteiger partial charge in [-0.2, -0.15) is 11.3 Å². The third-order valence-corrected chi connectivity index (χ3v) is 6.23. The zero-order chi connectivity index (χ0) is 18.9. The number of anilines is 1. The number of halogens is 2. The molecule has 5 heteroatoms. The number of hydrogen-bond acceptors (Lipinski definition) is 3. The second-order valence-corrected chi connectivity index (χ2v) is 8.42. The van der Waals surface area contributed by atoms with E-state index in [0.29, 0.717) is 11.8 Å². The first-order chi connectivity index (χ1) is 13.3. The van der Waals surface area contributed by atoms with Crippen molar-refractivity contribution >= 4 is 61.6 Å². The maximum absolute atomic E-state index is 6.02. The Hall–Kier alpha value is -1.52. The molecule has 2 heterocycles. The van der Waals surface area contributed by atoms with Crippen LogP contribution in [0.5, 0.6) is 0 Å². The smallest absolute Gasteiger partial charge is 0.0636 e. The molecule has 2 aromatic carbocycles. The quantitative estimate of drug-likeness (QED) is 0.283. The van der Waals surface area contributed by atoms with Gasteiger partial charge < -0.3 is 4.90 Å². The molecule has 0 bridgehead atoms. The first-order valence-electron chi connectivity index (χ1n) is 8.76. The van der Waals surface area contributed by atoms with Crippen LogP contribution in [0.1, 0.15) is 0 Å². The van der Waals surface area contributed by atoms with Gasteiger partial charge in [-0.15, -0.1) is 34.5 Å². The molecule has 0 radical (unpaired) electrons. The maximum atomic E-state index is 6.02. The van der Waals surface area contributed by atoms with Gasteiger partial charge in [0.1, 0.15) is 0 Å². The predicted octanol–water partition coefficient (Wildman–Crippen LogP) is 7.60. The van der Waals surface area contributed by atoms with Gasteiger partial charge >= 0.3 is 0 Å². The van der Waals surface area contributed by atoms with Crippen molar-refractivity contribution in [1.82, 2.24) is 0 Å². The van der Waals surface area contributed by atoms with Crippen molar-refractivity contribution in [1.29, 1.82) is 0 Å². The lowest BCUT2D eigenvalue weighted by molar-refractivity contribution is 0.881. The third kappa shape index (κ3) is 5.26. The van der Waals surface area contributed by atoms with Crippen LogP contribution in [-0.4, -0.2) is 24.8 Å². The summed E-state index contributed by atoms with van der Waals surface area (Å²) in [7, 11) is 0. The van der Waals surface area contributed by atoms with Crippen LogP contribution < -0.4 is 4.90 Å². The number of hydrogen-bond donors (Lipinski definition) is 0. The van der Waals surface area contributed by atoms with E-state index in [9.17, 15) is 0 Å². The molecule has 0 atom stereocenters. The molecule has 0 aliphatic rings. The summed E-state index contributed by atoms with van der Waals surface area (Å²) in [4.78, 5) is 3.60. The molecule has 0 aliphatic heterocycles. The van der Waals surface area contributed by atoms with E-state index in [1.165, 1.54) is 26.2 Å². The summed E-state index contributed by atoms with van der Waals surface area (Å²) in [6, 6.07) is 23.1. The van der Waals surface area contributed by atoms with Crippen LogP contribution in [0, 0.1) is 0 Å². The molecule has 0 amide bonds. The molecule has 27 heavy (non-hydrogen) atoms. The molecule has 0 saturated carbocycles. The minimum absolute atomic E-state index is 0.593. The van der Waals surface area contributed by atoms with Crippen LogP contribution in [0.4, 0.5) is 5.69 Å². The second kappa shape index (κ2) is 10.7. The molecule has 0 unspecified atom stereocenters. The zero-order valence-electron chi connectivity index (χ0n) is 14.9. The maximum Gasteiger partial charge on any atom is 0.0636 e. The Bertz CT molecular complexity index is 897. The highest BCUT2D eigenvalue weighted by Gasteiger charge is 2.18. The Morgan fingerprint density at radius 3 is 1.96 bits per heavy atom. The van der Waals surface area contributed by atoms with Gasteiger partial charge in [0.15, 0.2) is 0 Å². The molecule has 4 aromatic rings. The Morgan fingerprint density at radius 2 is 1.37 bits per heavy atom. The van der Waals surface area contributed by atoms with E-state index in [4.69, 9.17) is 23.2 Å². The Kier molecular flexibility index (Phi) is 8.03. The van der Waals surface area contributed by atoms with E-state index >= 15 is 0 Å². The summed E-state index contributed by atoms with van der Waals surface area (Å²) in [5.74, 6) is 1.19. The van der Waals surface area contributed by atoms with Crippen LogP contribution in [-0.2, 0) is 0 Å². The van der Waals surface area contributed by atoms with Crippen LogP contribution in [0.2, 0.25) is 0 Å². The molecule has 0 aliphatic carbocycles. The minimum atomic E-state index is 0.593. The summed E-state index contributed by atoms with van der Waals surface area (Å²) in [5.41, 5.74) is 2.50. The topological polar surface area (TPSA) is 3.24 Å². The molecular formula is C22H21Cl2NS2. The van der Waals surface area contributed by atoms with Gasteiger partial charge in [-0.3, -0.25) is 0 Å². The Morgan fingerprint density at radius 1 is 0.741 bits per heavy atom. The van der Waals surface area contributed by atoms with Crippen molar-refractivity contribution in [2.24, 2.45) is 0 Å². The lowest BCUT2D eigenvalue weighted by Crippen LogP contribution is -2.27. The van der Waals surface area contributed by atoms with Crippen LogP contribution in [0.15, 0.2) is 77.5 Å². The number of benzene rings is 2. The van der Waals surface area contributed by atoms with Crippen LogP contribution in [0.25, 0.3) is 20.5 Å². The molecule has 0 N–H and O–H groups in total. The number of fused-ring (bicyclic) bond motifs is 1. The standard InChI is InChI=1S/C18H17Cl2NS.C4H4S/c19-10-12-21(13-11-20)17-15-8-4-5-9-16(15)22-18(17)14-6-2-1-3-7-14;1-2-4-5-3-1/h1-9H,10-13H2;1-4H. The third-order valence-electron chi connectivity index (χ3n) is 4.06. The van der Waals surface area contributed by atoms with Gasteiger partial charge in [-0.1, -0.05) is 60.7 Å². The van der Waals surface area contributed by atoms with Crippen LogP contribution in [0.3, 0.4) is 0 Å². The van der Waals surface area contributed by atoms with Gasteiger partial charge in [0.2, 0.25) is 0 Å². The van der Waals surface area contributed by atoms with Gasteiger partial charge in [0.25, 0.3) is 0 Å². The number of rotatable bonds is 6. The van der Waals surface area contributed by atoms with E-state index < -0.39 is 0 Å². The SMILES string of the molecule is ClCCN(CCCl)c1c(-c2ccccc2)sc2ccccc12.c1ccsc1. The molecule has 0 fully saturated rings. The van der Waals surface area contributed by atoms with Gasteiger partial charge in [0.05, 0.1) is 10.6 Å². The van der Waals surface area contributed by atoms with Crippen molar-refractivity contribution < 1.29 is 0 Å². The van der Waals surface area contributed by atoms with E-state index in [1.807, 2.05) is 40.3 Å². The molecule has 0 saturated heterocycles. The van der Waals surface area contributed by atoms with E-state index in [0.717, 1.165) is 13.1 Å². The molecule has 4 rings (SSSR count). The summed E-state index contributed by atoms with van der Waals surface area (Å²) in [6.07, 6.45) is 0. The first kappa shape index (κ1) is 20.2. The molecule has 0 spiro atoms. The van der Waals surface area contributed by atoms with E-state index in [-0.39, 0.29) is 0 Å². The van der Waals surface area contributed by atoms with Crippen LogP contribution >= 0.6 is 45.9 Å². The summed E-state index contributed by atoms with van der Waals surface area (Å²) < 4.78 is 1.30. The first-order valence-corrected chi connectivity index (χ1v) is 11.6. The molecule has 2 aromatic heterocycles. The average Bonchev–Trinajstić information content (AvgIpc) is 3.40. The van der Waals surface area contributed by atoms with E-state index in [2.05, 4.69) is 53.4 Å². The lowest BCUT2D eigenvalue weighted by atomic mass is 10.1. The highest BCUT2D eigenvalue weighted by Crippen LogP contribution is 2.44. The summed E-state index contributed by atoms with van der Waals surface area (Å²) in [5, 5.41) is 5.36. The molecule has 140 valence electrons. The Labute approximate surface area is 178 Å². The summed E-state index contributed by atoms with van der Waals surface area (Å²) >= 11 is 15.6. The highest BCUT2D eigenvalue weighted by atomic mass is 35.5. The zero-order valence-corrected chi connectivity index (χ0v) is 18.0. The van der Waals surface area contributed by atoms with Gasteiger partial charge in [-0.05, 0) is 22.4 Å². The fourth-order valence-corrected chi connectivity index (χ4v) is 4.99. The highest BCUT2D eigenvalue weighted by molar-refractivity contribution is 7.23. The van der Waals surface area contributed by atoms with Crippen molar-refractivity contribution in [2.75, 3.05) is 29.7 Å². The predicted molar refractivity (Wildman–Crippen MR) is 125 cm³/mol. The molecule has 1 nitrogen and oxygen atoms in total. The lowest BCUT2D eigenvalue weighted by Gasteiger charge is -2.24. The molecular weight excluding hydrogens is 413 g/mol. The number of thiophene rings is 2. The number of nitrogens with zero attached hydrogens (tertiary/aromatic N) is 1. The normalized spacial score (nSPS) is 10.4. The largest absolute Gasteiger partial charge is 0.367 e. The minimum Gasteiger partial charge on any atom is -0.367 e.